The van der Waals surface area contributed by atoms with E-state index in [1.165, 1.54) is 6.92 Å². The second kappa shape index (κ2) is 11.7. The van der Waals surface area contributed by atoms with Gasteiger partial charge in [0.2, 0.25) is 5.88 Å². The lowest BCUT2D eigenvalue weighted by molar-refractivity contribution is -0.00909. The molecule has 2 aromatic rings. The quantitative estimate of drug-likeness (QED) is 0.251. The summed E-state index contributed by atoms with van der Waals surface area (Å²) < 4.78 is 52.9. The number of hydrogen-bond acceptors (Lipinski definition) is 5. The minimum absolute atomic E-state index is 0.0891. The van der Waals surface area contributed by atoms with E-state index >= 15 is 0 Å². The molecule has 0 aliphatic heterocycles. The monoisotopic (exact) mass is 477 g/mol. The van der Waals surface area contributed by atoms with Gasteiger partial charge in [-0.25, -0.2) is 18.2 Å². The number of likely N-dealkylation sites (N-methyl/N-ethyl adjacent to an activating group) is 1. The van der Waals surface area contributed by atoms with Gasteiger partial charge in [-0.3, -0.25) is 9.79 Å². The van der Waals surface area contributed by atoms with Crippen molar-refractivity contribution in [1.82, 2.24) is 9.88 Å². The molecule has 1 aromatic carbocycles. The van der Waals surface area contributed by atoms with Gasteiger partial charge in [-0.05, 0) is 26.0 Å². The van der Waals surface area contributed by atoms with E-state index < -0.39 is 35.6 Å². The lowest BCUT2D eigenvalue weighted by atomic mass is 10.0. The average Bonchev–Trinajstić information content (AvgIpc) is 2.83. The number of hydrogen-bond donors (Lipinski definition) is 0. The number of aliphatic imine (C=N–C) groups is 1. The van der Waals surface area contributed by atoms with E-state index in [0.29, 0.717) is 23.6 Å². The van der Waals surface area contributed by atoms with Crippen LogP contribution in [0.3, 0.4) is 0 Å². The molecule has 2 rings (SSSR count). The Morgan fingerprint density at radius 2 is 1.91 bits per heavy atom. The lowest BCUT2D eigenvalue weighted by Crippen LogP contribution is -2.42. The Balaban J connectivity index is 2.17. The molecular formula is C25H30F3N3O3. The summed E-state index contributed by atoms with van der Waals surface area (Å²) in [5.74, 6) is -4.17. The van der Waals surface area contributed by atoms with Gasteiger partial charge in [0.25, 0.3) is 11.8 Å². The highest BCUT2D eigenvalue weighted by atomic mass is 19.3. The highest BCUT2D eigenvalue weighted by Gasteiger charge is 2.31. The van der Waals surface area contributed by atoms with Crippen molar-refractivity contribution in [2.45, 2.75) is 46.1 Å². The Morgan fingerprint density at radius 1 is 1.26 bits per heavy atom. The van der Waals surface area contributed by atoms with E-state index in [4.69, 9.17) is 9.47 Å². The Labute approximate surface area is 198 Å². The molecular weight excluding hydrogens is 447 g/mol. The molecule has 1 amide bonds. The van der Waals surface area contributed by atoms with Gasteiger partial charge < -0.3 is 14.4 Å². The molecule has 1 atom stereocenters. The van der Waals surface area contributed by atoms with Gasteiger partial charge in [-0.15, -0.1) is 0 Å². The van der Waals surface area contributed by atoms with Crippen molar-refractivity contribution in [3.8, 4) is 5.88 Å². The first-order chi connectivity index (χ1) is 16.0. The first kappa shape index (κ1) is 26.9. The molecule has 1 aromatic heterocycles. The van der Waals surface area contributed by atoms with Gasteiger partial charge in [0, 0.05) is 44.3 Å². The molecule has 0 bridgehead atoms. The molecule has 0 N–H and O–H groups in total. The van der Waals surface area contributed by atoms with E-state index in [-0.39, 0.29) is 18.3 Å². The number of pyridine rings is 1. The minimum Gasteiger partial charge on any atom is -0.473 e. The third-order valence-corrected chi connectivity index (χ3v) is 5.31. The Morgan fingerprint density at radius 3 is 2.47 bits per heavy atom. The molecule has 0 fully saturated rings. The Bertz CT molecular complexity index is 1060. The summed E-state index contributed by atoms with van der Waals surface area (Å²) in [5, 5.41) is 0. The van der Waals surface area contributed by atoms with Crippen LogP contribution in [-0.4, -0.2) is 47.9 Å². The second-order valence-electron chi connectivity index (χ2n) is 7.63. The zero-order valence-corrected chi connectivity index (χ0v) is 20.1. The first-order valence-electron chi connectivity index (χ1n) is 10.9. The number of nitrogens with zero attached hydrogens (tertiary/aromatic N) is 3. The molecule has 0 radical (unpaired) electrons. The molecule has 0 saturated heterocycles. The second-order valence-corrected chi connectivity index (χ2v) is 7.63. The molecule has 0 aliphatic carbocycles. The van der Waals surface area contributed by atoms with Crippen LogP contribution in [0.5, 0.6) is 5.88 Å². The van der Waals surface area contributed by atoms with E-state index in [2.05, 4.69) is 16.6 Å². The van der Waals surface area contributed by atoms with Gasteiger partial charge >= 0.3 is 0 Å². The standard InChI is InChI=1S/C25H30F3N3O3/c1-7-25(27,28)19-13-22(26)23(30-14-19)33-15-16(3)31(8-2)24(32)21-12-10-9-11-20(21)17(4)34-18(5)29-6/h9-14,16H,4,7-8,15H2,1-3,5-6H3/t16-/m0/s1. The third-order valence-electron chi connectivity index (χ3n) is 5.31. The maximum Gasteiger partial charge on any atom is 0.274 e. The molecule has 34 heavy (non-hydrogen) atoms. The van der Waals surface area contributed by atoms with Gasteiger partial charge in [-0.2, -0.15) is 0 Å². The Kier molecular flexibility index (Phi) is 9.23. The highest BCUT2D eigenvalue weighted by Crippen LogP contribution is 2.32. The molecule has 0 spiro atoms. The summed E-state index contributed by atoms with van der Waals surface area (Å²) >= 11 is 0. The van der Waals surface area contributed by atoms with Crippen LogP contribution in [0.2, 0.25) is 0 Å². The van der Waals surface area contributed by atoms with Crippen molar-refractivity contribution in [2.75, 3.05) is 20.2 Å². The van der Waals surface area contributed by atoms with Crippen LogP contribution in [0, 0.1) is 5.82 Å². The van der Waals surface area contributed by atoms with E-state index in [9.17, 15) is 18.0 Å². The molecule has 0 unspecified atom stereocenters. The Hall–Kier alpha value is -3.36. The maximum absolute atomic E-state index is 14.3. The zero-order chi connectivity index (χ0) is 25.5. The number of ether oxygens (including phenoxy) is 2. The molecule has 0 aliphatic rings. The summed E-state index contributed by atoms with van der Waals surface area (Å²) in [6, 6.07) is 7.13. The average molecular weight is 478 g/mol. The number of amides is 1. The van der Waals surface area contributed by atoms with Gasteiger partial charge in [0.1, 0.15) is 12.4 Å². The van der Waals surface area contributed by atoms with Crippen LogP contribution in [0.25, 0.3) is 5.76 Å². The normalized spacial score (nSPS) is 12.8. The maximum atomic E-state index is 14.3. The van der Waals surface area contributed by atoms with Crippen molar-refractivity contribution < 1.29 is 27.4 Å². The smallest absolute Gasteiger partial charge is 0.274 e. The van der Waals surface area contributed by atoms with Crippen LogP contribution in [-0.2, 0) is 10.7 Å². The predicted octanol–water partition coefficient (Wildman–Crippen LogP) is 5.69. The van der Waals surface area contributed by atoms with Gasteiger partial charge in [0.05, 0.1) is 11.6 Å². The van der Waals surface area contributed by atoms with Crippen LogP contribution >= 0.6 is 0 Å². The number of aromatic nitrogens is 1. The van der Waals surface area contributed by atoms with Crippen molar-refractivity contribution in [3.05, 3.63) is 65.6 Å². The van der Waals surface area contributed by atoms with Gasteiger partial charge in [0.15, 0.2) is 11.7 Å². The van der Waals surface area contributed by atoms with Gasteiger partial charge in [-0.1, -0.05) is 31.7 Å². The van der Waals surface area contributed by atoms with E-state index in [1.807, 2.05) is 0 Å². The summed E-state index contributed by atoms with van der Waals surface area (Å²) in [7, 11) is 1.58. The molecule has 6 nitrogen and oxygen atoms in total. The van der Waals surface area contributed by atoms with E-state index in [1.54, 1.807) is 57.0 Å². The fraction of sp³-hybridized carbons (Fsp3) is 0.400. The summed E-state index contributed by atoms with van der Waals surface area (Å²) in [6.07, 6.45) is 0.432. The molecule has 184 valence electrons. The number of benzene rings is 1. The summed E-state index contributed by atoms with van der Waals surface area (Å²) in [6.45, 7) is 10.7. The largest absolute Gasteiger partial charge is 0.473 e. The number of rotatable bonds is 10. The zero-order valence-electron chi connectivity index (χ0n) is 20.1. The number of alkyl halides is 2. The number of carbonyl (C=O) groups excluding carboxylic acids is 1. The van der Waals surface area contributed by atoms with Crippen LogP contribution in [0.15, 0.2) is 48.1 Å². The molecule has 9 heteroatoms. The molecule has 0 saturated carbocycles. The SMILES string of the molecule is C=C(OC(C)=NC)c1ccccc1C(=O)N(CC)[C@@H](C)COc1ncc(C(F)(F)CC)cc1F. The lowest BCUT2D eigenvalue weighted by Gasteiger charge is -2.29. The number of carbonyl (C=O) groups is 1. The van der Waals surface area contributed by atoms with Crippen molar-refractivity contribution >= 4 is 17.6 Å². The topological polar surface area (TPSA) is 64.0 Å². The summed E-state index contributed by atoms with van der Waals surface area (Å²) in [4.78, 5) is 22.5. The van der Waals surface area contributed by atoms with Crippen molar-refractivity contribution in [1.29, 1.82) is 0 Å². The van der Waals surface area contributed by atoms with E-state index in [0.717, 1.165) is 12.3 Å². The predicted molar refractivity (Wildman–Crippen MR) is 126 cm³/mol. The highest BCUT2D eigenvalue weighted by molar-refractivity contribution is 5.99. The minimum atomic E-state index is -3.17. The van der Waals surface area contributed by atoms with Crippen LogP contribution in [0.1, 0.15) is 55.6 Å². The molecule has 1 heterocycles. The van der Waals surface area contributed by atoms with Crippen molar-refractivity contribution in [3.63, 3.8) is 0 Å². The van der Waals surface area contributed by atoms with Crippen LogP contribution in [0.4, 0.5) is 13.2 Å². The first-order valence-corrected chi connectivity index (χ1v) is 10.9. The number of halogens is 3. The fourth-order valence-corrected chi connectivity index (χ4v) is 3.23. The third kappa shape index (κ3) is 6.36. The summed E-state index contributed by atoms with van der Waals surface area (Å²) in [5.41, 5.74) is 0.378. The van der Waals surface area contributed by atoms with Crippen LogP contribution < -0.4 is 4.74 Å². The van der Waals surface area contributed by atoms with Crippen molar-refractivity contribution in [2.24, 2.45) is 4.99 Å². The fourth-order valence-electron chi connectivity index (χ4n) is 3.23.